The van der Waals surface area contributed by atoms with Gasteiger partial charge < -0.3 is 33.1 Å². The van der Waals surface area contributed by atoms with Crippen molar-refractivity contribution in [3.05, 3.63) is 288 Å². The first kappa shape index (κ1) is 58.5. The van der Waals surface area contributed by atoms with Crippen LogP contribution in [0.15, 0.2) is 258 Å². The topological polar surface area (TPSA) is 104 Å². The Morgan fingerprint density at radius 1 is 0.412 bits per heavy atom. The minimum Gasteiger partial charge on any atom is -0.436 e. The predicted octanol–water partition coefficient (Wildman–Crippen LogP) is 15.7. The van der Waals surface area contributed by atoms with Gasteiger partial charge >= 0.3 is 0 Å². The highest BCUT2D eigenvalue weighted by Crippen LogP contribution is 2.43. The highest BCUT2D eigenvalue weighted by Gasteiger charge is 2.44. The van der Waals surface area contributed by atoms with Gasteiger partial charge in [0.1, 0.15) is 11.0 Å². The van der Waals surface area contributed by atoms with E-state index in [1.165, 1.54) is 11.1 Å². The Bertz CT molecular complexity index is 3510. The van der Waals surface area contributed by atoms with Gasteiger partial charge in [-0.25, -0.2) is 9.97 Å². The van der Waals surface area contributed by atoms with Crippen molar-refractivity contribution in [1.82, 2.24) is 20.2 Å². The minimum atomic E-state index is -0.759. The lowest BCUT2D eigenvalue weighted by Crippen LogP contribution is -2.57. The summed E-state index contributed by atoms with van der Waals surface area (Å²) in [6.45, 7) is 5.22. The van der Waals surface area contributed by atoms with Gasteiger partial charge in [0, 0.05) is 44.0 Å². The quantitative estimate of drug-likeness (QED) is 0.0316. The van der Waals surface area contributed by atoms with Gasteiger partial charge in [-0.2, -0.15) is 0 Å². The molecule has 9 aromatic carbocycles. The van der Waals surface area contributed by atoms with Crippen molar-refractivity contribution in [2.75, 3.05) is 52.7 Å². The molecule has 2 atom stereocenters. The minimum absolute atomic E-state index is 0.203. The molecule has 0 saturated carbocycles. The standard InChI is InChI=1S/C75H76N4O6/c1-6-24-58(25-7-1)28-20-22-50-80-57-69(76-48-52-81-55-60-40-44-62(45-41-60)73-77-67-36-16-18-38-70(67)84-73)72(83-51-23-21-29-59-26-8-2-9-27-59)54-79(49-53-82-56-61-42-46-63(47-43-61)74-78-68-37-17-19-39-71(68)85-74)75(64-30-10-3-11-31-64,65-32-12-4-13-33-65)66-34-14-5-15-35-66/h1-19,24-27,30-47,69,72,76H,20-23,28-29,48-57H2. The van der Waals surface area contributed by atoms with Crippen LogP contribution in [0.1, 0.15) is 64.6 Å². The van der Waals surface area contributed by atoms with Gasteiger partial charge in [0.15, 0.2) is 11.2 Å². The van der Waals surface area contributed by atoms with Crippen molar-refractivity contribution in [2.24, 2.45) is 0 Å². The lowest BCUT2D eigenvalue weighted by molar-refractivity contribution is -0.0424. The third-order valence-electron chi connectivity index (χ3n) is 15.8. The molecule has 0 aliphatic carbocycles. The summed E-state index contributed by atoms with van der Waals surface area (Å²) in [5, 5.41) is 3.96. The first-order valence-electron chi connectivity index (χ1n) is 30.1. The van der Waals surface area contributed by atoms with Crippen LogP contribution in [0.25, 0.3) is 45.1 Å². The monoisotopic (exact) mass is 1130 g/mol. The van der Waals surface area contributed by atoms with E-state index in [-0.39, 0.29) is 12.1 Å². The van der Waals surface area contributed by atoms with Crippen molar-refractivity contribution in [3.8, 4) is 22.9 Å². The van der Waals surface area contributed by atoms with Crippen LogP contribution < -0.4 is 5.32 Å². The third kappa shape index (κ3) is 15.7. The van der Waals surface area contributed by atoms with Crippen molar-refractivity contribution >= 4 is 22.2 Å². The molecule has 2 unspecified atom stereocenters. The molecule has 0 aliphatic rings. The van der Waals surface area contributed by atoms with Gasteiger partial charge in [-0.1, -0.05) is 200 Å². The number of hydrogen-bond donors (Lipinski definition) is 1. The van der Waals surface area contributed by atoms with Gasteiger partial charge in [-0.3, -0.25) is 4.90 Å². The molecule has 0 saturated heterocycles. The van der Waals surface area contributed by atoms with Crippen LogP contribution in [0, 0.1) is 0 Å². The fourth-order valence-corrected chi connectivity index (χ4v) is 11.3. The Hall–Kier alpha value is -8.32. The molecule has 0 fully saturated rings. The third-order valence-corrected chi connectivity index (χ3v) is 15.8. The van der Waals surface area contributed by atoms with E-state index in [9.17, 15) is 0 Å². The number of fused-ring (bicyclic) bond motifs is 2. The van der Waals surface area contributed by atoms with Crippen LogP contribution in [0.5, 0.6) is 0 Å². The number of hydrogen-bond acceptors (Lipinski definition) is 10. The Labute approximate surface area is 500 Å². The summed E-state index contributed by atoms with van der Waals surface area (Å²) in [4.78, 5) is 12.0. The highest BCUT2D eigenvalue weighted by molar-refractivity contribution is 5.77. The van der Waals surface area contributed by atoms with Crippen molar-refractivity contribution in [3.63, 3.8) is 0 Å². The molecule has 0 radical (unpaired) electrons. The summed E-state index contributed by atoms with van der Waals surface area (Å²) < 4.78 is 39.5. The van der Waals surface area contributed by atoms with Crippen LogP contribution in [0.4, 0.5) is 0 Å². The molecule has 0 aliphatic heterocycles. The summed E-state index contributed by atoms with van der Waals surface area (Å²) in [6.07, 6.45) is 5.58. The van der Waals surface area contributed by atoms with Crippen molar-refractivity contribution in [2.45, 2.75) is 69.4 Å². The maximum atomic E-state index is 7.36. The average molecular weight is 1130 g/mol. The molecule has 0 spiro atoms. The van der Waals surface area contributed by atoms with Crippen LogP contribution >= 0.6 is 0 Å². The highest BCUT2D eigenvalue weighted by atomic mass is 16.5. The number of unbranched alkanes of at least 4 members (excludes halogenated alkanes) is 2. The molecule has 2 heterocycles. The summed E-state index contributed by atoms with van der Waals surface area (Å²) in [7, 11) is 0. The summed E-state index contributed by atoms with van der Waals surface area (Å²) >= 11 is 0. The number of ether oxygens (including phenoxy) is 4. The largest absolute Gasteiger partial charge is 0.436 e. The van der Waals surface area contributed by atoms with Gasteiger partial charge in [0.05, 0.1) is 50.7 Å². The maximum absolute atomic E-state index is 7.36. The maximum Gasteiger partial charge on any atom is 0.227 e. The Balaban J connectivity index is 0.865. The smallest absolute Gasteiger partial charge is 0.227 e. The van der Waals surface area contributed by atoms with Crippen LogP contribution in [-0.2, 0) is 50.5 Å². The number of nitrogens with one attached hydrogen (secondary N) is 1. The van der Waals surface area contributed by atoms with E-state index in [4.69, 9.17) is 37.7 Å². The summed E-state index contributed by atoms with van der Waals surface area (Å²) in [6, 6.07) is 86.3. The molecule has 0 bridgehead atoms. The zero-order chi connectivity index (χ0) is 57.6. The molecule has 85 heavy (non-hydrogen) atoms. The number of oxazole rings is 2. The molecule has 10 heteroatoms. The first-order chi connectivity index (χ1) is 42.2. The number of benzene rings is 9. The van der Waals surface area contributed by atoms with Crippen molar-refractivity contribution < 1.29 is 27.8 Å². The fourth-order valence-electron chi connectivity index (χ4n) is 11.3. The fraction of sp³-hybridized carbons (Fsp3) is 0.253. The number of para-hydroxylation sites is 4. The van der Waals surface area contributed by atoms with Gasteiger partial charge in [0.2, 0.25) is 11.8 Å². The molecule has 11 aromatic rings. The number of rotatable bonds is 33. The Morgan fingerprint density at radius 2 is 0.847 bits per heavy atom. The Morgan fingerprint density at radius 3 is 1.33 bits per heavy atom. The number of aromatic nitrogens is 2. The summed E-state index contributed by atoms with van der Waals surface area (Å²) in [5.74, 6) is 1.21. The molecular weight excluding hydrogens is 1050 g/mol. The van der Waals surface area contributed by atoms with Crippen LogP contribution in [0.2, 0.25) is 0 Å². The van der Waals surface area contributed by atoms with E-state index in [2.05, 4.69) is 198 Å². The predicted molar refractivity (Wildman–Crippen MR) is 340 cm³/mol. The molecule has 0 amide bonds. The zero-order valence-corrected chi connectivity index (χ0v) is 48.4. The number of nitrogens with zero attached hydrogens (tertiary/aromatic N) is 3. The van der Waals surface area contributed by atoms with E-state index >= 15 is 0 Å². The van der Waals surface area contributed by atoms with Gasteiger partial charge in [0.25, 0.3) is 0 Å². The van der Waals surface area contributed by atoms with E-state index in [0.717, 1.165) is 99.7 Å². The van der Waals surface area contributed by atoms with Crippen LogP contribution in [-0.4, -0.2) is 79.7 Å². The van der Waals surface area contributed by atoms with E-state index < -0.39 is 5.54 Å². The molecule has 2 aromatic heterocycles. The lowest BCUT2D eigenvalue weighted by Gasteiger charge is -2.47. The average Bonchev–Trinajstić information content (AvgIpc) is 2.23. The molecule has 10 nitrogen and oxygen atoms in total. The van der Waals surface area contributed by atoms with Gasteiger partial charge in [-0.15, -0.1) is 0 Å². The van der Waals surface area contributed by atoms with Crippen molar-refractivity contribution in [1.29, 1.82) is 0 Å². The normalized spacial score (nSPS) is 12.5. The molecule has 432 valence electrons. The Kier molecular flexibility index (Phi) is 21.0. The second-order valence-electron chi connectivity index (χ2n) is 21.7. The second-order valence-corrected chi connectivity index (χ2v) is 21.7. The van der Waals surface area contributed by atoms with Crippen LogP contribution in [0.3, 0.4) is 0 Å². The molecule has 11 rings (SSSR count). The van der Waals surface area contributed by atoms with E-state index in [0.29, 0.717) is 77.7 Å². The van der Waals surface area contributed by atoms with E-state index in [1.54, 1.807) is 0 Å². The molecule has 1 N–H and O–H groups in total. The SMILES string of the molecule is c1ccc(CCCCOCC(NCCOCc2ccc(-c3nc4ccccc4o3)cc2)C(CN(CCOCc2ccc(-c3nc4ccccc4o3)cc2)C(c2ccccc2)(c2ccccc2)c2ccccc2)OCCCCc2ccccc2)cc1. The number of aryl methyl sites for hydroxylation is 2. The van der Waals surface area contributed by atoms with Gasteiger partial charge in [-0.05, 0) is 126 Å². The first-order valence-corrected chi connectivity index (χ1v) is 30.1. The summed E-state index contributed by atoms with van der Waals surface area (Å²) in [5.41, 5.74) is 12.6. The molecular formula is C75H76N4O6. The van der Waals surface area contributed by atoms with E-state index in [1.807, 2.05) is 60.7 Å². The lowest BCUT2D eigenvalue weighted by atomic mass is 9.75. The second kappa shape index (κ2) is 30.5. The zero-order valence-electron chi connectivity index (χ0n) is 48.4.